The molecule has 1 aliphatic carbocycles. The molecule has 1 N–H and O–H groups in total. The average Bonchev–Trinajstić information content (AvgIpc) is 3.62. The highest BCUT2D eigenvalue weighted by Crippen LogP contribution is 2.50. The third-order valence-corrected chi connectivity index (χ3v) is 10.3. The van der Waals surface area contributed by atoms with E-state index in [0.717, 1.165) is 31.5 Å². The van der Waals surface area contributed by atoms with E-state index in [1.54, 1.807) is 26.2 Å². The molecule has 5 nitrogen and oxygen atoms in total. The Kier molecular flexibility index (Phi) is 6.21. The molecule has 1 aromatic carbocycles. The minimum atomic E-state index is -3.30. The van der Waals surface area contributed by atoms with Crippen LogP contribution in [-0.4, -0.2) is 53.5 Å². The zero-order valence-corrected chi connectivity index (χ0v) is 21.9. The predicted molar refractivity (Wildman–Crippen MR) is 136 cm³/mol. The zero-order valence-electron chi connectivity index (χ0n) is 21.1. The number of pyridine rings is 1. The number of hydrogen-bond donors (Lipinski definition) is 1. The van der Waals surface area contributed by atoms with Crippen LogP contribution >= 0.6 is 0 Å². The Morgan fingerprint density at radius 1 is 1.12 bits per heavy atom. The molecule has 182 valence electrons. The summed E-state index contributed by atoms with van der Waals surface area (Å²) in [5.74, 6) is 6.43. The quantitative estimate of drug-likeness (QED) is 0.631. The maximum Gasteiger partial charge on any atom is 0.169 e. The van der Waals surface area contributed by atoms with Crippen LogP contribution in [-0.2, 0) is 15.4 Å². The molecule has 34 heavy (non-hydrogen) atoms. The molecule has 2 heterocycles. The van der Waals surface area contributed by atoms with E-state index in [9.17, 15) is 13.5 Å². The number of likely N-dealkylation sites (tertiary alicyclic amines) is 1. The summed E-state index contributed by atoms with van der Waals surface area (Å²) in [5, 5.41) is 12.1. The molecule has 2 aliphatic rings. The van der Waals surface area contributed by atoms with E-state index in [2.05, 4.69) is 54.6 Å². The molecule has 0 spiro atoms. The van der Waals surface area contributed by atoms with Gasteiger partial charge in [0.25, 0.3) is 0 Å². The first-order valence-electron chi connectivity index (χ1n) is 12.0. The van der Waals surface area contributed by atoms with Gasteiger partial charge >= 0.3 is 0 Å². The van der Waals surface area contributed by atoms with Gasteiger partial charge in [-0.2, -0.15) is 0 Å². The number of nitrogens with zero attached hydrogens (tertiary/aromatic N) is 2. The summed E-state index contributed by atoms with van der Waals surface area (Å²) in [6.07, 6.45) is 4.78. The summed E-state index contributed by atoms with van der Waals surface area (Å²) in [4.78, 5) is 6.59. The second-order valence-corrected chi connectivity index (χ2v) is 14.0. The number of sulfone groups is 1. The largest absolute Gasteiger partial charge is 0.380 e. The van der Waals surface area contributed by atoms with E-state index >= 15 is 0 Å². The summed E-state index contributed by atoms with van der Waals surface area (Å²) < 4.78 is 24.4. The maximum absolute atomic E-state index is 12.8. The van der Waals surface area contributed by atoms with Crippen LogP contribution in [0, 0.1) is 17.3 Å². The first-order valence-corrected chi connectivity index (χ1v) is 13.6. The van der Waals surface area contributed by atoms with E-state index in [-0.39, 0.29) is 5.25 Å². The van der Waals surface area contributed by atoms with Crippen molar-refractivity contribution in [1.82, 2.24) is 9.88 Å². The standard InChI is InChI=1S/C28H36N2O3S/c1-20(2)22-7-9-23(10-8-22)28(31,27(5)18-30(6)19-27)24-15-21(16-29-17-24)13-14-26(3,4)34(32,33)25-11-12-25/h7-10,15-17,20,25,31H,11-12,18-19H2,1-6H3. The van der Waals surface area contributed by atoms with Crippen LogP contribution in [0.15, 0.2) is 42.7 Å². The smallest absolute Gasteiger partial charge is 0.169 e. The van der Waals surface area contributed by atoms with Gasteiger partial charge < -0.3 is 10.0 Å². The van der Waals surface area contributed by atoms with Gasteiger partial charge in [-0.25, -0.2) is 8.42 Å². The zero-order chi connectivity index (χ0) is 24.9. The second kappa shape index (κ2) is 8.48. The van der Waals surface area contributed by atoms with Gasteiger partial charge in [-0.05, 0) is 56.8 Å². The molecule has 0 bridgehead atoms. The maximum atomic E-state index is 12.8. The molecule has 1 atom stereocenters. The van der Waals surface area contributed by atoms with Crippen molar-refractivity contribution in [3.05, 3.63) is 65.0 Å². The monoisotopic (exact) mass is 480 g/mol. The van der Waals surface area contributed by atoms with Crippen molar-refractivity contribution in [3.63, 3.8) is 0 Å². The van der Waals surface area contributed by atoms with Crippen molar-refractivity contribution in [1.29, 1.82) is 0 Å². The minimum Gasteiger partial charge on any atom is -0.380 e. The number of benzene rings is 1. The highest BCUT2D eigenvalue weighted by molar-refractivity contribution is 7.93. The lowest BCUT2D eigenvalue weighted by Crippen LogP contribution is -2.63. The topological polar surface area (TPSA) is 70.5 Å². The van der Waals surface area contributed by atoms with Gasteiger partial charge in [0, 0.05) is 42.0 Å². The Labute approximate surface area is 204 Å². The molecule has 6 heteroatoms. The van der Waals surface area contributed by atoms with E-state index in [0.29, 0.717) is 17.0 Å². The molecule has 0 amide bonds. The Morgan fingerprint density at radius 2 is 1.74 bits per heavy atom. The molecule has 1 unspecified atom stereocenters. The fraction of sp³-hybridized carbons (Fsp3) is 0.536. The molecule has 4 rings (SSSR count). The molecule has 1 aliphatic heterocycles. The summed E-state index contributed by atoms with van der Waals surface area (Å²) in [6.45, 7) is 11.2. The molecule has 2 aromatic rings. The SMILES string of the molecule is CC(C)c1ccc(C(O)(c2cncc(C#CC(C)(C)S(=O)(=O)C3CC3)c2)C2(C)CN(C)C2)cc1. The van der Waals surface area contributed by atoms with Gasteiger partial charge in [0.15, 0.2) is 9.84 Å². The highest BCUT2D eigenvalue weighted by Gasteiger charge is 2.55. The van der Waals surface area contributed by atoms with Crippen molar-refractivity contribution in [2.75, 3.05) is 20.1 Å². The van der Waals surface area contributed by atoms with Crippen molar-refractivity contribution in [2.24, 2.45) is 5.41 Å². The van der Waals surface area contributed by atoms with Crippen LogP contribution in [0.25, 0.3) is 0 Å². The average molecular weight is 481 g/mol. The predicted octanol–water partition coefficient (Wildman–Crippen LogP) is 4.10. The summed E-state index contributed by atoms with van der Waals surface area (Å²) in [6, 6.07) is 10.1. The Balaban J connectivity index is 1.75. The highest BCUT2D eigenvalue weighted by atomic mass is 32.2. The van der Waals surface area contributed by atoms with E-state index in [1.165, 1.54) is 5.56 Å². The second-order valence-electron chi connectivity index (χ2n) is 11.2. The van der Waals surface area contributed by atoms with Gasteiger partial charge in [0.2, 0.25) is 0 Å². The van der Waals surface area contributed by atoms with Crippen LogP contribution in [0.2, 0.25) is 0 Å². The lowest BCUT2D eigenvalue weighted by atomic mass is 9.62. The van der Waals surface area contributed by atoms with Crippen LogP contribution in [0.4, 0.5) is 0 Å². The molecule has 2 fully saturated rings. The molecule has 0 radical (unpaired) electrons. The number of hydrogen-bond acceptors (Lipinski definition) is 5. The fourth-order valence-corrected chi connectivity index (χ4v) is 6.93. The fourth-order valence-electron chi connectivity index (χ4n) is 5.14. The normalized spacial score (nSPS) is 20.2. The minimum absolute atomic E-state index is 0.268. The molecule has 1 saturated heterocycles. The van der Waals surface area contributed by atoms with Crippen molar-refractivity contribution in [3.8, 4) is 11.8 Å². The van der Waals surface area contributed by atoms with Crippen LogP contribution < -0.4 is 0 Å². The molecular formula is C28H36N2O3S. The lowest BCUT2D eigenvalue weighted by molar-refractivity contribution is -0.127. The van der Waals surface area contributed by atoms with Gasteiger partial charge in [0.1, 0.15) is 10.3 Å². The van der Waals surface area contributed by atoms with Crippen molar-refractivity contribution < 1.29 is 13.5 Å². The first kappa shape index (κ1) is 24.9. The molecular weight excluding hydrogens is 444 g/mol. The Hall–Kier alpha value is -2.20. The number of aromatic nitrogens is 1. The molecule has 1 aromatic heterocycles. The van der Waals surface area contributed by atoms with Crippen molar-refractivity contribution in [2.45, 2.75) is 69.0 Å². The van der Waals surface area contributed by atoms with Crippen LogP contribution in [0.3, 0.4) is 0 Å². The van der Waals surface area contributed by atoms with Crippen LogP contribution in [0.1, 0.15) is 75.6 Å². The van der Waals surface area contributed by atoms with Gasteiger partial charge in [-0.3, -0.25) is 4.98 Å². The lowest BCUT2D eigenvalue weighted by Gasteiger charge is -2.55. The van der Waals surface area contributed by atoms with Gasteiger partial charge in [-0.1, -0.05) is 56.9 Å². The summed E-state index contributed by atoms with van der Waals surface area (Å²) in [7, 11) is -1.25. The number of rotatable bonds is 6. The summed E-state index contributed by atoms with van der Waals surface area (Å²) >= 11 is 0. The number of aliphatic hydroxyl groups is 1. The van der Waals surface area contributed by atoms with Gasteiger partial charge in [0.05, 0.1) is 5.25 Å². The third kappa shape index (κ3) is 4.19. The van der Waals surface area contributed by atoms with Crippen LogP contribution in [0.5, 0.6) is 0 Å². The summed E-state index contributed by atoms with van der Waals surface area (Å²) in [5.41, 5.74) is 1.67. The van der Waals surface area contributed by atoms with E-state index < -0.39 is 25.6 Å². The van der Waals surface area contributed by atoms with Gasteiger partial charge in [-0.15, -0.1) is 0 Å². The van der Waals surface area contributed by atoms with Crippen molar-refractivity contribution >= 4 is 9.84 Å². The first-order chi connectivity index (χ1) is 15.8. The van der Waals surface area contributed by atoms with E-state index in [4.69, 9.17) is 0 Å². The Bertz CT molecular complexity index is 1230. The Morgan fingerprint density at radius 3 is 2.26 bits per heavy atom. The van der Waals surface area contributed by atoms with E-state index in [1.807, 2.05) is 25.2 Å². The third-order valence-electron chi connectivity index (χ3n) is 7.44. The molecule has 1 saturated carbocycles.